The third kappa shape index (κ3) is 3.21. The Bertz CT molecular complexity index is 1030. The van der Waals surface area contributed by atoms with Crippen LogP contribution in [0.4, 0.5) is 5.82 Å². The number of amides is 1. The molecule has 0 aliphatic carbocycles. The molecule has 0 fully saturated rings. The Balaban J connectivity index is 1.54. The van der Waals surface area contributed by atoms with E-state index in [9.17, 15) is 4.79 Å². The molecule has 0 aliphatic rings. The van der Waals surface area contributed by atoms with Crippen molar-refractivity contribution in [1.82, 2.24) is 15.0 Å². The Kier molecular flexibility index (Phi) is 3.88. The fourth-order valence-corrected chi connectivity index (χ4v) is 2.54. The summed E-state index contributed by atoms with van der Waals surface area (Å²) in [6.07, 6.45) is 3.42. The number of anilines is 1. The SMILES string of the molecule is O=C(Nc1ccc2cccnc2n1)c1ccc(-c2ccccn2)cc1. The van der Waals surface area contributed by atoms with Gasteiger partial charge in [0.1, 0.15) is 5.82 Å². The molecular formula is C20H14N4O. The van der Waals surface area contributed by atoms with Crippen LogP contribution in [0.15, 0.2) is 79.1 Å². The van der Waals surface area contributed by atoms with Gasteiger partial charge in [0.25, 0.3) is 5.91 Å². The van der Waals surface area contributed by atoms with E-state index in [0.717, 1.165) is 16.6 Å². The summed E-state index contributed by atoms with van der Waals surface area (Å²) >= 11 is 0. The van der Waals surface area contributed by atoms with E-state index >= 15 is 0 Å². The number of pyridine rings is 3. The highest BCUT2D eigenvalue weighted by Gasteiger charge is 2.08. The van der Waals surface area contributed by atoms with Crippen molar-refractivity contribution in [2.75, 3.05) is 5.32 Å². The third-order valence-corrected chi connectivity index (χ3v) is 3.81. The van der Waals surface area contributed by atoms with Crippen LogP contribution in [0, 0.1) is 0 Å². The van der Waals surface area contributed by atoms with Gasteiger partial charge in [0, 0.05) is 28.9 Å². The van der Waals surface area contributed by atoms with Crippen LogP contribution in [-0.4, -0.2) is 20.9 Å². The molecule has 0 radical (unpaired) electrons. The molecule has 1 amide bonds. The first-order valence-corrected chi connectivity index (χ1v) is 7.84. The van der Waals surface area contributed by atoms with Crippen LogP contribution in [0.5, 0.6) is 0 Å². The van der Waals surface area contributed by atoms with E-state index in [1.165, 1.54) is 0 Å². The topological polar surface area (TPSA) is 67.8 Å². The molecule has 1 N–H and O–H groups in total. The van der Waals surface area contributed by atoms with Gasteiger partial charge >= 0.3 is 0 Å². The molecule has 0 aliphatic heterocycles. The van der Waals surface area contributed by atoms with Crippen molar-refractivity contribution in [3.63, 3.8) is 0 Å². The number of benzene rings is 1. The molecule has 5 nitrogen and oxygen atoms in total. The van der Waals surface area contributed by atoms with Gasteiger partial charge in [-0.1, -0.05) is 18.2 Å². The zero-order chi connectivity index (χ0) is 17.1. The van der Waals surface area contributed by atoms with Crippen LogP contribution in [0.1, 0.15) is 10.4 Å². The summed E-state index contributed by atoms with van der Waals surface area (Å²) in [5.41, 5.74) is 3.00. The lowest BCUT2D eigenvalue weighted by Gasteiger charge is -2.06. The van der Waals surface area contributed by atoms with Gasteiger partial charge in [-0.2, -0.15) is 0 Å². The summed E-state index contributed by atoms with van der Waals surface area (Å²) in [5, 5.41) is 3.73. The predicted octanol–water partition coefficient (Wildman–Crippen LogP) is 3.94. The highest BCUT2D eigenvalue weighted by molar-refractivity contribution is 6.04. The molecule has 0 bridgehead atoms. The molecule has 0 saturated carbocycles. The average Bonchev–Trinajstić information content (AvgIpc) is 2.69. The zero-order valence-electron chi connectivity index (χ0n) is 13.3. The van der Waals surface area contributed by atoms with Gasteiger partial charge in [0.05, 0.1) is 5.69 Å². The molecule has 5 heteroatoms. The average molecular weight is 326 g/mol. The smallest absolute Gasteiger partial charge is 0.256 e. The number of carbonyl (C=O) groups excluding carboxylic acids is 1. The third-order valence-electron chi connectivity index (χ3n) is 3.81. The van der Waals surface area contributed by atoms with Crippen molar-refractivity contribution >= 4 is 22.8 Å². The normalized spacial score (nSPS) is 10.6. The Labute approximate surface area is 144 Å². The first kappa shape index (κ1) is 15.0. The van der Waals surface area contributed by atoms with E-state index in [0.29, 0.717) is 17.0 Å². The Hall–Kier alpha value is -3.60. The summed E-state index contributed by atoms with van der Waals surface area (Å²) < 4.78 is 0. The van der Waals surface area contributed by atoms with Crippen molar-refractivity contribution in [3.8, 4) is 11.3 Å². The Morgan fingerprint density at radius 3 is 2.44 bits per heavy atom. The number of rotatable bonds is 3. The van der Waals surface area contributed by atoms with Crippen molar-refractivity contribution in [1.29, 1.82) is 0 Å². The van der Waals surface area contributed by atoms with E-state index in [1.807, 2.05) is 48.5 Å². The van der Waals surface area contributed by atoms with Gasteiger partial charge in [-0.15, -0.1) is 0 Å². The molecular weight excluding hydrogens is 312 g/mol. The Morgan fingerprint density at radius 2 is 1.64 bits per heavy atom. The number of hydrogen-bond donors (Lipinski definition) is 1. The zero-order valence-corrected chi connectivity index (χ0v) is 13.3. The summed E-state index contributed by atoms with van der Waals surface area (Å²) in [5.74, 6) is 0.264. The van der Waals surface area contributed by atoms with Crippen molar-refractivity contribution in [2.24, 2.45) is 0 Å². The van der Waals surface area contributed by atoms with Crippen LogP contribution >= 0.6 is 0 Å². The van der Waals surface area contributed by atoms with Gasteiger partial charge in [-0.25, -0.2) is 9.97 Å². The first-order valence-electron chi connectivity index (χ1n) is 7.84. The summed E-state index contributed by atoms with van der Waals surface area (Å²) in [4.78, 5) is 25.3. The fraction of sp³-hybridized carbons (Fsp3) is 0. The Morgan fingerprint density at radius 1 is 0.800 bits per heavy atom. The summed E-state index contributed by atoms with van der Waals surface area (Å²) in [7, 11) is 0. The number of hydrogen-bond acceptors (Lipinski definition) is 4. The monoisotopic (exact) mass is 326 g/mol. The van der Waals surface area contributed by atoms with Crippen LogP contribution in [-0.2, 0) is 0 Å². The van der Waals surface area contributed by atoms with E-state index in [2.05, 4.69) is 20.3 Å². The maximum Gasteiger partial charge on any atom is 0.256 e. The minimum absolute atomic E-state index is 0.213. The van der Waals surface area contributed by atoms with E-state index in [1.54, 1.807) is 30.6 Å². The molecule has 120 valence electrons. The summed E-state index contributed by atoms with van der Waals surface area (Å²) in [6, 6.07) is 20.5. The molecule has 1 aromatic carbocycles. The molecule has 4 aromatic rings. The van der Waals surface area contributed by atoms with Crippen LogP contribution in [0.2, 0.25) is 0 Å². The molecule has 3 aromatic heterocycles. The van der Waals surface area contributed by atoms with Crippen molar-refractivity contribution in [3.05, 3.63) is 84.7 Å². The highest BCUT2D eigenvalue weighted by atomic mass is 16.1. The quantitative estimate of drug-likeness (QED) is 0.619. The lowest BCUT2D eigenvalue weighted by atomic mass is 10.1. The molecule has 0 spiro atoms. The first-order chi connectivity index (χ1) is 12.3. The molecule has 25 heavy (non-hydrogen) atoms. The van der Waals surface area contributed by atoms with Gasteiger partial charge < -0.3 is 5.32 Å². The number of aromatic nitrogens is 3. The second kappa shape index (κ2) is 6.49. The van der Waals surface area contributed by atoms with Gasteiger partial charge in [-0.05, 0) is 48.5 Å². The standard InChI is InChI=1S/C20H14N4O/c25-20(24-18-11-10-15-4-3-13-22-19(15)23-18)16-8-6-14(7-9-16)17-5-1-2-12-21-17/h1-13H,(H,22,23,24,25). The van der Waals surface area contributed by atoms with Gasteiger partial charge in [-0.3, -0.25) is 9.78 Å². The lowest BCUT2D eigenvalue weighted by molar-refractivity contribution is 0.102. The maximum atomic E-state index is 12.4. The van der Waals surface area contributed by atoms with E-state index in [-0.39, 0.29) is 5.91 Å². The van der Waals surface area contributed by atoms with E-state index < -0.39 is 0 Å². The molecule has 0 unspecified atom stereocenters. The van der Waals surface area contributed by atoms with Crippen molar-refractivity contribution in [2.45, 2.75) is 0 Å². The molecule has 0 saturated heterocycles. The van der Waals surface area contributed by atoms with Gasteiger partial charge in [0.2, 0.25) is 0 Å². The number of fused-ring (bicyclic) bond motifs is 1. The second-order valence-corrected chi connectivity index (χ2v) is 5.49. The van der Waals surface area contributed by atoms with Crippen LogP contribution in [0.3, 0.4) is 0 Å². The molecule has 4 rings (SSSR count). The number of nitrogens with one attached hydrogen (secondary N) is 1. The summed E-state index contributed by atoms with van der Waals surface area (Å²) in [6.45, 7) is 0. The number of carbonyl (C=O) groups is 1. The minimum atomic E-state index is -0.213. The largest absolute Gasteiger partial charge is 0.306 e. The van der Waals surface area contributed by atoms with Crippen molar-refractivity contribution < 1.29 is 4.79 Å². The predicted molar refractivity (Wildman–Crippen MR) is 97.2 cm³/mol. The van der Waals surface area contributed by atoms with E-state index in [4.69, 9.17) is 0 Å². The molecule has 0 atom stereocenters. The van der Waals surface area contributed by atoms with Crippen LogP contribution < -0.4 is 5.32 Å². The minimum Gasteiger partial charge on any atom is -0.306 e. The second-order valence-electron chi connectivity index (χ2n) is 5.49. The maximum absolute atomic E-state index is 12.4. The van der Waals surface area contributed by atoms with Crippen LogP contribution in [0.25, 0.3) is 22.3 Å². The highest BCUT2D eigenvalue weighted by Crippen LogP contribution is 2.18. The number of nitrogens with zero attached hydrogens (tertiary/aromatic N) is 3. The van der Waals surface area contributed by atoms with Gasteiger partial charge in [0.15, 0.2) is 5.65 Å². The molecule has 3 heterocycles. The fourth-order valence-electron chi connectivity index (χ4n) is 2.54. The lowest BCUT2D eigenvalue weighted by Crippen LogP contribution is -2.12.